The van der Waals surface area contributed by atoms with Crippen LogP contribution in [0.15, 0.2) is 42.5 Å². The Morgan fingerprint density at radius 3 is 2.72 bits per heavy atom. The first-order chi connectivity index (χ1) is 17.4. The Hall–Kier alpha value is -3.10. The molecule has 2 aliphatic rings. The number of anilines is 1. The Morgan fingerprint density at radius 1 is 1.14 bits per heavy atom. The lowest BCUT2D eigenvalue weighted by molar-refractivity contribution is -0.134. The number of hydrogen-bond donors (Lipinski definition) is 2. The fraction of sp³-hybridized carbons (Fsp3) is 0.444. The van der Waals surface area contributed by atoms with Crippen LogP contribution in [0.2, 0.25) is 5.02 Å². The number of hydrogen-bond acceptors (Lipinski definition) is 5. The van der Waals surface area contributed by atoms with E-state index in [-0.39, 0.29) is 49.0 Å². The van der Waals surface area contributed by atoms with Gasteiger partial charge >= 0.3 is 0 Å². The molecular weight excluding hydrogens is 482 g/mol. The summed E-state index contributed by atoms with van der Waals surface area (Å²) >= 11 is 6.17. The maximum absolute atomic E-state index is 13.3. The second kappa shape index (κ2) is 11.8. The zero-order valence-corrected chi connectivity index (χ0v) is 21.3. The minimum Gasteiger partial charge on any atom is -0.490 e. The van der Waals surface area contributed by atoms with E-state index in [1.165, 1.54) is 0 Å². The summed E-state index contributed by atoms with van der Waals surface area (Å²) in [4.78, 5) is 39.5. The molecule has 9 heteroatoms. The van der Waals surface area contributed by atoms with Crippen LogP contribution < -0.4 is 15.4 Å². The van der Waals surface area contributed by atoms with Crippen molar-refractivity contribution < 1.29 is 23.9 Å². The van der Waals surface area contributed by atoms with Crippen LogP contribution in [0.3, 0.4) is 0 Å². The summed E-state index contributed by atoms with van der Waals surface area (Å²) in [5.41, 5.74) is 1.83. The molecule has 2 aliphatic heterocycles. The van der Waals surface area contributed by atoms with Gasteiger partial charge in [0.15, 0.2) is 0 Å². The third-order valence-corrected chi connectivity index (χ3v) is 6.99. The molecule has 2 aromatic rings. The standard InChI is InChI=1S/C27H32ClN3O5/c1-3-6-25(32)30-18-9-12-23-20(13-18)27(34)31(2)22-11-10-19(36-24(22)16-35-23)14-26(33)29-15-17-7-4-5-8-21(17)28/h4-5,7-9,12-13,19,22,24H,3,6,10-11,14-16H2,1-2H3,(H,29,33)(H,30,32)/t19-,22-,24-/m1/s1. The number of likely N-dealkylation sites (N-methyl/N-ethyl adjacent to an activating group) is 1. The summed E-state index contributed by atoms with van der Waals surface area (Å²) < 4.78 is 12.2. The van der Waals surface area contributed by atoms with Crippen molar-refractivity contribution in [2.24, 2.45) is 0 Å². The largest absolute Gasteiger partial charge is 0.490 e. The summed E-state index contributed by atoms with van der Waals surface area (Å²) in [5.74, 6) is 0.0538. The van der Waals surface area contributed by atoms with Crippen molar-refractivity contribution in [3.63, 3.8) is 0 Å². The average Bonchev–Trinajstić information content (AvgIpc) is 2.86. The highest BCUT2D eigenvalue weighted by Gasteiger charge is 2.39. The zero-order chi connectivity index (χ0) is 25.7. The monoisotopic (exact) mass is 513 g/mol. The van der Waals surface area contributed by atoms with Crippen LogP contribution in [0.1, 0.15) is 54.9 Å². The van der Waals surface area contributed by atoms with E-state index in [1.54, 1.807) is 36.2 Å². The van der Waals surface area contributed by atoms with Crippen molar-refractivity contribution in [1.29, 1.82) is 0 Å². The van der Waals surface area contributed by atoms with Gasteiger partial charge in [0.25, 0.3) is 5.91 Å². The molecule has 3 atom stereocenters. The Kier molecular flexibility index (Phi) is 8.48. The highest BCUT2D eigenvalue weighted by Crippen LogP contribution is 2.32. The number of nitrogens with zero attached hydrogens (tertiary/aromatic N) is 1. The van der Waals surface area contributed by atoms with Crippen molar-refractivity contribution in [3.05, 3.63) is 58.6 Å². The van der Waals surface area contributed by atoms with Gasteiger partial charge in [-0.05, 0) is 49.1 Å². The summed E-state index contributed by atoms with van der Waals surface area (Å²) in [6.45, 7) is 2.55. The molecule has 0 bridgehead atoms. The molecule has 2 aromatic carbocycles. The lowest BCUT2D eigenvalue weighted by atomic mass is 9.94. The molecule has 3 amide bonds. The Labute approximate surface area is 216 Å². The van der Waals surface area contributed by atoms with Crippen LogP contribution >= 0.6 is 11.6 Å². The van der Waals surface area contributed by atoms with Gasteiger partial charge in [-0.2, -0.15) is 0 Å². The maximum Gasteiger partial charge on any atom is 0.257 e. The summed E-state index contributed by atoms with van der Waals surface area (Å²) in [5, 5.41) is 6.36. The molecule has 2 N–H and O–H groups in total. The molecule has 0 unspecified atom stereocenters. The van der Waals surface area contributed by atoms with Gasteiger partial charge in [0.05, 0.1) is 24.1 Å². The summed E-state index contributed by atoms with van der Waals surface area (Å²) in [7, 11) is 1.76. The van der Waals surface area contributed by atoms with E-state index in [4.69, 9.17) is 21.1 Å². The smallest absolute Gasteiger partial charge is 0.257 e. The fourth-order valence-electron chi connectivity index (χ4n) is 4.67. The number of rotatable bonds is 7. The maximum atomic E-state index is 13.3. The molecule has 0 radical (unpaired) electrons. The number of benzene rings is 2. The quantitative estimate of drug-likeness (QED) is 0.579. The van der Waals surface area contributed by atoms with E-state index in [0.717, 1.165) is 12.0 Å². The van der Waals surface area contributed by atoms with Crippen LogP contribution in [-0.2, 0) is 20.9 Å². The molecule has 192 valence electrons. The minimum atomic E-state index is -0.355. The predicted octanol–water partition coefficient (Wildman–Crippen LogP) is 4.17. The van der Waals surface area contributed by atoms with Gasteiger partial charge in [0.2, 0.25) is 11.8 Å². The molecule has 8 nitrogen and oxygen atoms in total. The molecule has 4 rings (SSSR count). The van der Waals surface area contributed by atoms with Crippen LogP contribution in [0, 0.1) is 0 Å². The molecule has 2 heterocycles. The van der Waals surface area contributed by atoms with E-state index in [0.29, 0.717) is 47.8 Å². The first-order valence-electron chi connectivity index (χ1n) is 12.3. The molecule has 0 aromatic heterocycles. The second-order valence-corrected chi connectivity index (χ2v) is 9.66. The molecule has 0 aliphatic carbocycles. The number of amides is 3. The van der Waals surface area contributed by atoms with E-state index in [9.17, 15) is 14.4 Å². The summed E-state index contributed by atoms with van der Waals surface area (Å²) in [6.07, 6.45) is 2.11. The van der Waals surface area contributed by atoms with Crippen molar-refractivity contribution in [2.75, 3.05) is 19.0 Å². The summed E-state index contributed by atoms with van der Waals surface area (Å²) in [6, 6.07) is 12.3. The van der Waals surface area contributed by atoms with Crippen molar-refractivity contribution in [1.82, 2.24) is 10.2 Å². The van der Waals surface area contributed by atoms with Gasteiger partial charge in [-0.3, -0.25) is 14.4 Å². The number of carbonyl (C=O) groups excluding carboxylic acids is 3. The van der Waals surface area contributed by atoms with Gasteiger partial charge < -0.3 is 25.0 Å². The third-order valence-electron chi connectivity index (χ3n) is 6.62. The highest BCUT2D eigenvalue weighted by molar-refractivity contribution is 6.31. The van der Waals surface area contributed by atoms with Crippen LogP contribution in [0.5, 0.6) is 5.75 Å². The van der Waals surface area contributed by atoms with E-state index in [2.05, 4.69) is 10.6 Å². The number of halogens is 1. The van der Waals surface area contributed by atoms with Crippen molar-refractivity contribution in [3.8, 4) is 5.75 Å². The van der Waals surface area contributed by atoms with Crippen molar-refractivity contribution in [2.45, 2.75) is 63.8 Å². The molecule has 0 saturated carbocycles. The van der Waals surface area contributed by atoms with Crippen molar-refractivity contribution >= 4 is 35.0 Å². The molecule has 0 spiro atoms. The fourth-order valence-corrected chi connectivity index (χ4v) is 4.87. The third kappa shape index (κ3) is 6.17. The van der Waals surface area contributed by atoms with E-state index in [1.807, 2.05) is 25.1 Å². The number of nitrogens with one attached hydrogen (secondary N) is 2. The first kappa shape index (κ1) is 26.0. The Morgan fingerprint density at radius 2 is 1.94 bits per heavy atom. The van der Waals surface area contributed by atoms with Gasteiger partial charge in [-0.25, -0.2) is 0 Å². The van der Waals surface area contributed by atoms with Gasteiger partial charge in [0.1, 0.15) is 18.5 Å². The van der Waals surface area contributed by atoms with E-state index < -0.39 is 0 Å². The van der Waals surface area contributed by atoms with Gasteiger partial charge in [-0.1, -0.05) is 36.7 Å². The Bertz CT molecular complexity index is 1120. The van der Waals surface area contributed by atoms with Gasteiger partial charge in [0, 0.05) is 30.7 Å². The number of carbonyl (C=O) groups is 3. The average molecular weight is 514 g/mol. The molecular formula is C27H32ClN3O5. The lowest BCUT2D eigenvalue weighted by Crippen LogP contribution is -2.53. The topological polar surface area (TPSA) is 97.0 Å². The van der Waals surface area contributed by atoms with Crippen LogP contribution in [-0.4, -0.2) is 54.5 Å². The van der Waals surface area contributed by atoms with E-state index >= 15 is 0 Å². The second-order valence-electron chi connectivity index (χ2n) is 9.25. The zero-order valence-electron chi connectivity index (χ0n) is 20.6. The van der Waals surface area contributed by atoms with Crippen LogP contribution in [0.25, 0.3) is 0 Å². The molecule has 1 fully saturated rings. The Balaban J connectivity index is 1.38. The molecule has 1 saturated heterocycles. The highest BCUT2D eigenvalue weighted by atomic mass is 35.5. The normalized spacial score (nSPS) is 21.4. The predicted molar refractivity (Wildman–Crippen MR) is 137 cm³/mol. The lowest BCUT2D eigenvalue weighted by Gasteiger charge is -2.42. The number of ether oxygens (including phenoxy) is 2. The minimum absolute atomic E-state index is 0.0901. The van der Waals surface area contributed by atoms with Gasteiger partial charge in [-0.15, -0.1) is 0 Å². The SMILES string of the molecule is CCCC(=O)Nc1ccc2c(c1)C(=O)N(C)[C@@H]1CC[C@H](CC(=O)NCc3ccccc3Cl)O[C@@H]1CO2. The molecule has 36 heavy (non-hydrogen) atoms. The number of fused-ring (bicyclic) bond motifs is 2. The first-order valence-corrected chi connectivity index (χ1v) is 12.7. The van der Waals surface area contributed by atoms with Crippen LogP contribution in [0.4, 0.5) is 5.69 Å².